The summed E-state index contributed by atoms with van der Waals surface area (Å²) in [5.74, 6) is 0.918. The Morgan fingerprint density at radius 2 is 1.89 bits per heavy atom. The van der Waals surface area contributed by atoms with Crippen molar-refractivity contribution in [1.29, 1.82) is 0 Å². The lowest BCUT2D eigenvalue weighted by molar-refractivity contribution is -0.130. The van der Waals surface area contributed by atoms with Gasteiger partial charge in [0.05, 0.1) is 13.2 Å². The number of hydrogen-bond donors (Lipinski definition) is 0. The zero-order valence-electron chi connectivity index (χ0n) is 20.2. The number of benzene rings is 2. The van der Waals surface area contributed by atoms with Crippen LogP contribution in [-0.2, 0) is 16.1 Å². The van der Waals surface area contributed by atoms with Crippen LogP contribution in [0.3, 0.4) is 0 Å². The van der Waals surface area contributed by atoms with Gasteiger partial charge in [-0.15, -0.1) is 0 Å². The van der Waals surface area contributed by atoms with Crippen LogP contribution < -0.4 is 4.74 Å². The molecule has 0 saturated carbocycles. The average Bonchev–Trinajstić information content (AvgIpc) is 3.59. The number of rotatable bonds is 10. The number of hydrogen-bond acceptors (Lipinski definition) is 6. The predicted molar refractivity (Wildman–Crippen MR) is 131 cm³/mol. The van der Waals surface area contributed by atoms with Gasteiger partial charge in [-0.2, -0.15) is 0 Å². The Morgan fingerprint density at radius 1 is 1.11 bits per heavy atom. The van der Waals surface area contributed by atoms with E-state index in [2.05, 4.69) is 5.16 Å². The van der Waals surface area contributed by atoms with Crippen LogP contribution in [0.4, 0.5) is 0 Å². The second-order valence-electron chi connectivity index (χ2n) is 8.68. The van der Waals surface area contributed by atoms with Gasteiger partial charge in [-0.1, -0.05) is 35.5 Å². The topological polar surface area (TPSA) is 85.1 Å². The van der Waals surface area contributed by atoms with Gasteiger partial charge in [-0.05, 0) is 42.7 Å². The van der Waals surface area contributed by atoms with Gasteiger partial charge >= 0.3 is 0 Å². The highest BCUT2D eigenvalue weighted by atomic mass is 16.5. The molecule has 2 aromatic carbocycles. The van der Waals surface area contributed by atoms with Gasteiger partial charge in [-0.25, -0.2) is 0 Å². The van der Waals surface area contributed by atoms with Crippen molar-refractivity contribution in [2.24, 2.45) is 0 Å². The molecule has 1 unspecified atom stereocenters. The maximum absolute atomic E-state index is 13.4. The summed E-state index contributed by atoms with van der Waals surface area (Å²) in [7, 11) is 3.38. The smallest absolute Gasteiger partial charge is 0.276 e. The Balaban J connectivity index is 1.42. The van der Waals surface area contributed by atoms with Crippen LogP contribution >= 0.6 is 0 Å². The Morgan fingerprint density at radius 3 is 2.57 bits per heavy atom. The van der Waals surface area contributed by atoms with Crippen molar-refractivity contribution < 1.29 is 23.6 Å². The third-order valence-electron chi connectivity index (χ3n) is 6.12. The van der Waals surface area contributed by atoms with Crippen LogP contribution in [0, 0.1) is 0 Å². The molecule has 0 spiro atoms. The molecule has 35 heavy (non-hydrogen) atoms. The van der Waals surface area contributed by atoms with Crippen molar-refractivity contribution >= 4 is 11.8 Å². The fourth-order valence-corrected chi connectivity index (χ4v) is 4.11. The lowest BCUT2D eigenvalue weighted by atomic mass is 10.1. The monoisotopic (exact) mass is 477 g/mol. The fourth-order valence-electron chi connectivity index (χ4n) is 4.11. The molecule has 0 aliphatic carbocycles. The zero-order chi connectivity index (χ0) is 24.6. The third-order valence-corrected chi connectivity index (χ3v) is 6.12. The molecule has 2 amide bonds. The molecule has 1 aliphatic heterocycles. The molecule has 2 heterocycles. The summed E-state index contributed by atoms with van der Waals surface area (Å²) in [5, 5.41) is 4.01. The summed E-state index contributed by atoms with van der Waals surface area (Å²) in [6.45, 7) is 1.91. The first-order valence-corrected chi connectivity index (χ1v) is 11.8. The van der Waals surface area contributed by atoms with Gasteiger partial charge < -0.3 is 23.8 Å². The van der Waals surface area contributed by atoms with Crippen molar-refractivity contribution in [3.8, 4) is 17.1 Å². The van der Waals surface area contributed by atoms with Crippen LogP contribution in [-0.4, -0.2) is 66.7 Å². The van der Waals surface area contributed by atoms with E-state index in [0.717, 1.165) is 29.7 Å². The van der Waals surface area contributed by atoms with E-state index in [1.807, 2.05) is 54.6 Å². The van der Waals surface area contributed by atoms with Crippen molar-refractivity contribution in [1.82, 2.24) is 15.0 Å². The first-order chi connectivity index (χ1) is 17.0. The number of methoxy groups -OCH3 is 1. The predicted octanol–water partition coefficient (Wildman–Crippen LogP) is 4.02. The molecule has 0 bridgehead atoms. The summed E-state index contributed by atoms with van der Waals surface area (Å²) in [5.41, 5.74) is 2.06. The van der Waals surface area contributed by atoms with Crippen LogP contribution in [0.25, 0.3) is 11.3 Å². The second kappa shape index (κ2) is 11.7. The molecule has 8 nitrogen and oxygen atoms in total. The van der Waals surface area contributed by atoms with E-state index in [-0.39, 0.29) is 36.6 Å². The minimum Gasteiger partial charge on any atom is -0.497 e. The third kappa shape index (κ3) is 6.48. The summed E-state index contributed by atoms with van der Waals surface area (Å²) < 4.78 is 16.4. The van der Waals surface area contributed by atoms with E-state index in [4.69, 9.17) is 14.0 Å². The highest BCUT2D eigenvalue weighted by Crippen LogP contribution is 2.24. The van der Waals surface area contributed by atoms with Crippen molar-refractivity contribution in [3.63, 3.8) is 0 Å². The van der Waals surface area contributed by atoms with Crippen LogP contribution in [0.1, 0.15) is 35.3 Å². The first-order valence-electron chi connectivity index (χ1n) is 11.8. The van der Waals surface area contributed by atoms with Crippen molar-refractivity contribution in [2.75, 3.05) is 33.9 Å². The van der Waals surface area contributed by atoms with E-state index in [9.17, 15) is 9.59 Å². The molecule has 1 fully saturated rings. The molecule has 184 valence electrons. The van der Waals surface area contributed by atoms with Gasteiger partial charge in [0.15, 0.2) is 11.5 Å². The SMILES string of the molecule is COc1ccc(-c2cc(C(=O)N(CCC(=O)N(C)Cc3ccccc3)CC3CCCO3)no2)cc1. The summed E-state index contributed by atoms with van der Waals surface area (Å²) in [4.78, 5) is 29.5. The van der Waals surface area contributed by atoms with E-state index < -0.39 is 0 Å². The van der Waals surface area contributed by atoms with Gasteiger partial charge in [0.2, 0.25) is 5.91 Å². The van der Waals surface area contributed by atoms with Crippen molar-refractivity contribution in [3.05, 3.63) is 71.9 Å². The maximum Gasteiger partial charge on any atom is 0.276 e. The summed E-state index contributed by atoms with van der Waals surface area (Å²) in [6.07, 6.45) is 2.04. The molecule has 1 saturated heterocycles. The minimum atomic E-state index is -0.275. The zero-order valence-corrected chi connectivity index (χ0v) is 20.2. The number of aromatic nitrogens is 1. The molecule has 8 heteroatoms. The molecule has 1 aromatic heterocycles. The maximum atomic E-state index is 13.4. The van der Waals surface area contributed by atoms with Gasteiger partial charge in [0.25, 0.3) is 5.91 Å². The molecule has 0 N–H and O–H groups in total. The number of nitrogens with zero attached hydrogens (tertiary/aromatic N) is 3. The van der Waals surface area contributed by atoms with E-state index in [1.165, 1.54) is 0 Å². The van der Waals surface area contributed by atoms with Gasteiger partial charge in [0.1, 0.15) is 5.75 Å². The lowest BCUT2D eigenvalue weighted by Gasteiger charge is -2.25. The van der Waals surface area contributed by atoms with Crippen molar-refractivity contribution in [2.45, 2.75) is 31.9 Å². The van der Waals surface area contributed by atoms with E-state index in [1.54, 1.807) is 30.0 Å². The number of ether oxygens (including phenoxy) is 2. The highest BCUT2D eigenvalue weighted by Gasteiger charge is 2.26. The van der Waals surface area contributed by atoms with E-state index >= 15 is 0 Å². The largest absolute Gasteiger partial charge is 0.497 e. The highest BCUT2D eigenvalue weighted by molar-refractivity contribution is 5.93. The first kappa shape index (κ1) is 24.5. The summed E-state index contributed by atoms with van der Waals surface area (Å²) >= 11 is 0. The molecule has 4 rings (SSSR count). The quantitative estimate of drug-likeness (QED) is 0.439. The number of amides is 2. The normalized spacial score (nSPS) is 15.1. The van der Waals surface area contributed by atoms with Gasteiger partial charge in [0, 0.05) is 51.3 Å². The molecular weight excluding hydrogens is 446 g/mol. The Bertz CT molecular complexity index is 1110. The molecule has 1 aliphatic rings. The van der Waals surface area contributed by atoms with Crippen LogP contribution in [0.5, 0.6) is 5.75 Å². The summed E-state index contributed by atoms with van der Waals surface area (Å²) in [6, 6.07) is 18.8. The second-order valence-corrected chi connectivity index (χ2v) is 8.68. The average molecular weight is 478 g/mol. The Hall–Kier alpha value is -3.65. The van der Waals surface area contributed by atoms with Crippen LogP contribution in [0.2, 0.25) is 0 Å². The standard InChI is InChI=1S/C27H31N3O5/c1-29(18-20-7-4-3-5-8-20)26(31)14-15-30(19-23-9-6-16-34-23)27(32)24-17-25(35-28-24)21-10-12-22(33-2)13-11-21/h3-5,7-8,10-13,17,23H,6,9,14-16,18-19H2,1-2H3. The van der Waals surface area contributed by atoms with Gasteiger partial charge in [-0.3, -0.25) is 9.59 Å². The van der Waals surface area contributed by atoms with Crippen LogP contribution in [0.15, 0.2) is 65.2 Å². The number of carbonyl (C=O) groups is 2. The Labute approximate surface area is 205 Å². The van der Waals surface area contributed by atoms with E-state index in [0.29, 0.717) is 25.5 Å². The lowest BCUT2D eigenvalue weighted by Crippen LogP contribution is -2.40. The minimum absolute atomic E-state index is 0.0296. The number of carbonyl (C=O) groups excluding carboxylic acids is 2. The molecule has 3 aromatic rings. The molecule has 0 radical (unpaired) electrons. The molecular formula is C27H31N3O5. The Kier molecular flexibility index (Phi) is 8.15. The molecule has 1 atom stereocenters. The fraction of sp³-hybridized carbons (Fsp3) is 0.370.